The lowest BCUT2D eigenvalue weighted by Crippen LogP contribution is -1.94. The number of nitrogens with zero attached hydrogens (tertiary/aromatic N) is 2. The smallest absolute Gasteiger partial charge is 0.135 e. The number of H-pyrrole nitrogens is 1. The molecule has 0 aliphatic heterocycles. The van der Waals surface area contributed by atoms with Gasteiger partial charge in [-0.3, -0.25) is 0 Å². The molecular formula is C60H34BrN3O2. The molecule has 15 rings (SSSR count). The summed E-state index contributed by atoms with van der Waals surface area (Å²) in [6, 6.07) is 72.5. The zero-order valence-corrected chi connectivity index (χ0v) is 36.7. The summed E-state index contributed by atoms with van der Waals surface area (Å²) < 4.78 is 18.4. The monoisotopic (exact) mass is 907 g/mol. The van der Waals surface area contributed by atoms with Crippen LogP contribution in [0.3, 0.4) is 0 Å². The van der Waals surface area contributed by atoms with E-state index in [1.165, 1.54) is 60.1 Å². The maximum atomic E-state index is 6.28. The quantitative estimate of drug-likeness (QED) is 0.191. The summed E-state index contributed by atoms with van der Waals surface area (Å²) in [6.07, 6.45) is 0. The van der Waals surface area contributed by atoms with Crippen LogP contribution in [0, 0.1) is 0 Å². The molecule has 0 amide bonds. The summed E-state index contributed by atoms with van der Waals surface area (Å²) in [5, 5.41) is 11.7. The highest BCUT2D eigenvalue weighted by molar-refractivity contribution is 9.10. The Balaban J connectivity index is 0.930. The summed E-state index contributed by atoms with van der Waals surface area (Å²) in [4.78, 5) is 3.61. The molecule has 0 atom stereocenters. The fraction of sp³-hybridized carbons (Fsp3) is 0. The van der Waals surface area contributed by atoms with Gasteiger partial charge in [-0.15, -0.1) is 0 Å². The molecule has 0 bridgehead atoms. The molecule has 0 unspecified atom stereocenters. The van der Waals surface area contributed by atoms with Crippen LogP contribution in [0.15, 0.2) is 213 Å². The summed E-state index contributed by atoms with van der Waals surface area (Å²) >= 11 is 3.70. The van der Waals surface area contributed by atoms with E-state index in [1.807, 2.05) is 24.3 Å². The standard InChI is InChI=1S/C60H34BrN3O2/c61-38-17-21-52-45(31-38)44-27-34(13-20-51(44)62-52)36-15-23-55-47(29-36)48-30-37(16-24-56(48)64(55)40-19-26-60-50(33-40)43-9-3-6-12-58(43)66-60)35-14-22-54-46(28-35)41-7-1-4-10-53(41)63(54)39-18-25-59-49(32-39)42-8-2-5-11-57(42)65-59/h1-33,62H. The molecule has 0 saturated heterocycles. The largest absolute Gasteiger partial charge is 0.456 e. The first-order valence-electron chi connectivity index (χ1n) is 22.2. The van der Waals surface area contributed by atoms with E-state index in [4.69, 9.17) is 8.83 Å². The lowest BCUT2D eigenvalue weighted by Gasteiger charge is -2.10. The van der Waals surface area contributed by atoms with Crippen molar-refractivity contribution in [1.29, 1.82) is 0 Å². The zero-order chi connectivity index (χ0) is 43.2. The van der Waals surface area contributed by atoms with E-state index in [1.54, 1.807) is 0 Å². The first kappa shape index (κ1) is 36.1. The SMILES string of the molecule is Brc1ccc2[nH]c3ccc(-c4ccc5c(c4)c4cc(-c6ccc7c(c6)c6ccccc6n7-c6ccc7oc8ccccc8c7c6)ccc4n5-c4ccc5oc6ccccc6c5c4)cc3c2c1. The topological polar surface area (TPSA) is 51.9 Å². The van der Waals surface area contributed by atoms with Gasteiger partial charge < -0.3 is 23.0 Å². The van der Waals surface area contributed by atoms with Crippen LogP contribution in [0.2, 0.25) is 0 Å². The number of fused-ring (bicyclic) bond motifs is 15. The van der Waals surface area contributed by atoms with Gasteiger partial charge in [0, 0.05) is 80.7 Å². The van der Waals surface area contributed by atoms with Gasteiger partial charge in [-0.05, 0) is 144 Å². The third-order valence-corrected chi connectivity index (χ3v) is 14.4. The van der Waals surface area contributed by atoms with Gasteiger partial charge in [0.1, 0.15) is 22.3 Å². The van der Waals surface area contributed by atoms with Crippen molar-refractivity contribution in [3.8, 4) is 33.6 Å². The number of furan rings is 2. The van der Waals surface area contributed by atoms with Gasteiger partial charge in [0.2, 0.25) is 0 Å². The second-order valence-corrected chi connectivity index (χ2v) is 18.4. The second-order valence-electron chi connectivity index (χ2n) is 17.5. The lowest BCUT2D eigenvalue weighted by molar-refractivity contribution is 0.668. The predicted octanol–water partition coefficient (Wildman–Crippen LogP) is 17.4. The molecule has 0 saturated carbocycles. The molecule has 5 aromatic heterocycles. The summed E-state index contributed by atoms with van der Waals surface area (Å²) in [6.45, 7) is 0. The average molecular weight is 909 g/mol. The molecule has 0 spiro atoms. The third-order valence-electron chi connectivity index (χ3n) is 13.9. The molecule has 1 N–H and O–H groups in total. The van der Waals surface area contributed by atoms with Crippen LogP contribution in [0.25, 0.3) is 143 Å². The van der Waals surface area contributed by atoms with Gasteiger partial charge in [0.05, 0.1) is 22.1 Å². The van der Waals surface area contributed by atoms with Gasteiger partial charge >= 0.3 is 0 Å². The molecule has 5 heterocycles. The third kappa shape index (κ3) is 5.16. The summed E-state index contributed by atoms with van der Waals surface area (Å²) in [5.74, 6) is 0. The molecule has 0 aliphatic rings. The van der Waals surface area contributed by atoms with Gasteiger partial charge in [-0.1, -0.05) is 94.8 Å². The number of nitrogens with one attached hydrogen (secondary N) is 1. The van der Waals surface area contributed by atoms with Crippen LogP contribution >= 0.6 is 15.9 Å². The Hall–Kier alpha value is -8.32. The number of aromatic nitrogens is 3. The van der Waals surface area contributed by atoms with Gasteiger partial charge in [0.15, 0.2) is 0 Å². The molecule has 66 heavy (non-hydrogen) atoms. The first-order chi connectivity index (χ1) is 32.6. The van der Waals surface area contributed by atoms with Gasteiger partial charge in [-0.2, -0.15) is 0 Å². The zero-order valence-electron chi connectivity index (χ0n) is 35.1. The van der Waals surface area contributed by atoms with Crippen molar-refractivity contribution in [2.24, 2.45) is 0 Å². The van der Waals surface area contributed by atoms with Crippen LogP contribution in [-0.2, 0) is 0 Å². The average Bonchev–Trinajstić information content (AvgIpc) is 4.17. The number of halogens is 1. The Morgan fingerprint density at radius 2 is 0.712 bits per heavy atom. The van der Waals surface area contributed by atoms with Crippen LogP contribution in [0.4, 0.5) is 0 Å². The van der Waals surface area contributed by atoms with Crippen LogP contribution in [0.1, 0.15) is 0 Å². The number of aromatic amines is 1. The summed E-state index contributed by atoms with van der Waals surface area (Å²) in [7, 11) is 0. The molecule has 0 fully saturated rings. The van der Waals surface area contributed by atoms with E-state index < -0.39 is 0 Å². The first-order valence-corrected chi connectivity index (χ1v) is 23.0. The van der Waals surface area contributed by atoms with Crippen molar-refractivity contribution in [3.05, 3.63) is 205 Å². The molecular weight excluding hydrogens is 875 g/mol. The van der Waals surface area contributed by atoms with Crippen molar-refractivity contribution in [3.63, 3.8) is 0 Å². The van der Waals surface area contributed by atoms with Crippen molar-refractivity contribution in [2.45, 2.75) is 0 Å². The normalized spacial score (nSPS) is 12.3. The molecule has 0 aliphatic carbocycles. The number of hydrogen-bond donors (Lipinski definition) is 1. The van der Waals surface area contributed by atoms with Crippen LogP contribution in [0.5, 0.6) is 0 Å². The number of benzene rings is 10. The van der Waals surface area contributed by atoms with Crippen molar-refractivity contribution >= 4 is 125 Å². The van der Waals surface area contributed by atoms with Crippen molar-refractivity contribution in [2.75, 3.05) is 0 Å². The maximum absolute atomic E-state index is 6.28. The molecule has 308 valence electrons. The minimum absolute atomic E-state index is 0.886. The maximum Gasteiger partial charge on any atom is 0.135 e. The Morgan fingerprint density at radius 3 is 1.27 bits per heavy atom. The van der Waals surface area contributed by atoms with E-state index in [-0.39, 0.29) is 0 Å². The van der Waals surface area contributed by atoms with Crippen molar-refractivity contribution < 1.29 is 8.83 Å². The number of rotatable bonds is 4. The highest BCUT2D eigenvalue weighted by Crippen LogP contribution is 2.42. The van der Waals surface area contributed by atoms with E-state index in [0.717, 1.165) is 87.3 Å². The predicted molar refractivity (Wildman–Crippen MR) is 278 cm³/mol. The number of hydrogen-bond acceptors (Lipinski definition) is 2. The fourth-order valence-corrected chi connectivity index (χ4v) is 11.2. The second kappa shape index (κ2) is 13.4. The molecule has 15 aromatic rings. The highest BCUT2D eigenvalue weighted by atomic mass is 79.9. The number of para-hydroxylation sites is 3. The minimum atomic E-state index is 0.886. The lowest BCUT2D eigenvalue weighted by atomic mass is 9.98. The van der Waals surface area contributed by atoms with Crippen LogP contribution in [-0.4, -0.2) is 14.1 Å². The molecule has 6 heteroatoms. The fourth-order valence-electron chi connectivity index (χ4n) is 10.8. The van der Waals surface area contributed by atoms with E-state index in [2.05, 4.69) is 206 Å². The van der Waals surface area contributed by atoms with Crippen LogP contribution < -0.4 is 0 Å². The molecule has 0 radical (unpaired) electrons. The summed E-state index contributed by atoms with van der Waals surface area (Å²) in [5.41, 5.74) is 17.4. The van der Waals surface area contributed by atoms with Gasteiger partial charge in [-0.25, -0.2) is 0 Å². The highest BCUT2D eigenvalue weighted by Gasteiger charge is 2.19. The molecule has 10 aromatic carbocycles. The minimum Gasteiger partial charge on any atom is -0.456 e. The Kier molecular flexibility index (Phi) is 7.30. The Bertz CT molecular complexity index is 4560. The Labute approximate surface area is 384 Å². The van der Waals surface area contributed by atoms with E-state index >= 15 is 0 Å². The molecule has 5 nitrogen and oxygen atoms in total. The Morgan fingerprint density at radius 1 is 0.303 bits per heavy atom. The van der Waals surface area contributed by atoms with Crippen molar-refractivity contribution in [1.82, 2.24) is 14.1 Å². The van der Waals surface area contributed by atoms with E-state index in [9.17, 15) is 0 Å². The van der Waals surface area contributed by atoms with Gasteiger partial charge in [0.25, 0.3) is 0 Å². The van der Waals surface area contributed by atoms with E-state index in [0.29, 0.717) is 0 Å².